The number of rotatable bonds is 6. The number of hydrogen-bond donors (Lipinski definition) is 1. The van der Waals surface area contributed by atoms with E-state index >= 15 is 0 Å². The van der Waals surface area contributed by atoms with Crippen LogP contribution in [0, 0.1) is 5.92 Å². The van der Waals surface area contributed by atoms with Crippen LogP contribution in [0.15, 0.2) is 15.9 Å². The fraction of sp³-hybridized carbons (Fsp3) is 0.692. The molecule has 3 nitrogen and oxygen atoms in total. The third kappa shape index (κ3) is 4.31. The van der Waals surface area contributed by atoms with Crippen molar-refractivity contribution in [2.24, 2.45) is 5.92 Å². The third-order valence-corrected chi connectivity index (χ3v) is 4.97. The van der Waals surface area contributed by atoms with Crippen LogP contribution in [0.5, 0.6) is 0 Å². The second kappa shape index (κ2) is 7.60. The van der Waals surface area contributed by atoms with Gasteiger partial charge in [0.1, 0.15) is 0 Å². The van der Waals surface area contributed by atoms with Crippen molar-refractivity contribution >= 4 is 27.3 Å². The van der Waals surface area contributed by atoms with Crippen molar-refractivity contribution in [3.8, 4) is 0 Å². The lowest BCUT2D eigenvalue weighted by Gasteiger charge is -2.30. The fourth-order valence-corrected chi connectivity index (χ4v) is 3.77. The first-order valence-electron chi connectivity index (χ1n) is 6.34. The number of ether oxygens (including phenoxy) is 2. The summed E-state index contributed by atoms with van der Waals surface area (Å²) in [6, 6.07) is 4.69. The van der Waals surface area contributed by atoms with E-state index < -0.39 is 0 Å². The predicted molar refractivity (Wildman–Crippen MR) is 78.1 cm³/mol. The van der Waals surface area contributed by atoms with Gasteiger partial charge in [0.2, 0.25) is 0 Å². The van der Waals surface area contributed by atoms with E-state index in [9.17, 15) is 0 Å². The second-order valence-electron chi connectivity index (χ2n) is 4.60. The monoisotopic (exact) mass is 333 g/mol. The van der Waals surface area contributed by atoms with Crippen LogP contribution in [0.3, 0.4) is 0 Å². The Hall–Kier alpha value is 0.0600. The molecule has 1 aromatic heterocycles. The van der Waals surface area contributed by atoms with Crippen LogP contribution < -0.4 is 5.32 Å². The molecule has 18 heavy (non-hydrogen) atoms. The van der Waals surface area contributed by atoms with Gasteiger partial charge in [-0.1, -0.05) is 0 Å². The van der Waals surface area contributed by atoms with Crippen LogP contribution in [0.4, 0.5) is 0 Å². The molecule has 5 heteroatoms. The van der Waals surface area contributed by atoms with Crippen molar-refractivity contribution in [3.05, 3.63) is 20.8 Å². The summed E-state index contributed by atoms with van der Waals surface area (Å²) in [7, 11) is 1.77. The fourth-order valence-electron chi connectivity index (χ4n) is 2.34. The van der Waals surface area contributed by atoms with Crippen LogP contribution in [0.1, 0.15) is 17.7 Å². The molecule has 1 atom stereocenters. The molecule has 0 saturated carbocycles. The maximum Gasteiger partial charge on any atom is 0.0701 e. The Labute approximate surface area is 121 Å². The van der Waals surface area contributed by atoms with Crippen LogP contribution in [0.2, 0.25) is 0 Å². The van der Waals surface area contributed by atoms with Crippen molar-refractivity contribution in [3.63, 3.8) is 0 Å². The van der Waals surface area contributed by atoms with Gasteiger partial charge in [0.15, 0.2) is 0 Å². The molecule has 0 radical (unpaired) electrons. The minimum absolute atomic E-state index is 0.430. The summed E-state index contributed by atoms with van der Waals surface area (Å²) >= 11 is 5.28. The zero-order valence-electron chi connectivity index (χ0n) is 10.7. The Bertz CT molecular complexity index is 353. The largest absolute Gasteiger partial charge is 0.383 e. The lowest BCUT2D eigenvalue weighted by atomic mass is 9.92. The van der Waals surface area contributed by atoms with Crippen molar-refractivity contribution in [2.45, 2.75) is 25.4 Å². The first-order valence-corrected chi connectivity index (χ1v) is 7.95. The minimum atomic E-state index is 0.430. The van der Waals surface area contributed by atoms with E-state index in [0.717, 1.165) is 39.2 Å². The summed E-state index contributed by atoms with van der Waals surface area (Å²) in [5.74, 6) is 0.669. The molecule has 1 aliphatic heterocycles. The van der Waals surface area contributed by atoms with Crippen molar-refractivity contribution in [1.29, 1.82) is 0 Å². The third-order valence-electron chi connectivity index (χ3n) is 3.35. The Morgan fingerprint density at radius 1 is 1.50 bits per heavy atom. The van der Waals surface area contributed by atoms with Crippen molar-refractivity contribution < 1.29 is 9.47 Å². The highest BCUT2D eigenvalue weighted by Gasteiger charge is 2.23. The van der Waals surface area contributed by atoms with Gasteiger partial charge in [-0.25, -0.2) is 0 Å². The molecular weight excluding hydrogens is 314 g/mol. The van der Waals surface area contributed by atoms with Crippen molar-refractivity contribution in [1.82, 2.24) is 5.32 Å². The average molecular weight is 334 g/mol. The Kier molecular flexibility index (Phi) is 6.11. The van der Waals surface area contributed by atoms with Gasteiger partial charge < -0.3 is 14.8 Å². The molecule has 0 amide bonds. The molecule has 1 aliphatic rings. The topological polar surface area (TPSA) is 30.5 Å². The summed E-state index contributed by atoms with van der Waals surface area (Å²) in [6.07, 6.45) is 2.27. The maximum atomic E-state index is 5.42. The summed E-state index contributed by atoms with van der Waals surface area (Å²) < 4.78 is 12.0. The number of thiophene rings is 1. The van der Waals surface area contributed by atoms with Crippen LogP contribution in [-0.4, -0.2) is 33.0 Å². The molecule has 1 saturated heterocycles. The number of nitrogens with one attached hydrogen (secondary N) is 1. The standard InChI is InChI=1S/C13H20BrNO2S/c1-16-9-12(10-4-6-17-7-5-10)15-8-11-2-3-13(14)18-11/h2-3,10,12,15H,4-9H2,1H3/t12-/m1/s1. The van der Waals surface area contributed by atoms with Gasteiger partial charge in [-0.2, -0.15) is 0 Å². The van der Waals surface area contributed by atoms with E-state index in [1.807, 2.05) is 0 Å². The Morgan fingerprint density at radius 3 is 2.89 bits per heavy atom. The molecule has 0 aromatic carbocycles. The van der Waals surface area contributed by atoms with Gasteiger partial charge >= 0.3 is 0 Å². The zero-order chi connectivity index (χ0) is 12.8. The molecule has 102 valence electrons. The minimum Gasteiger partial charge on any atom is -0.383 e. The van der Waals surface area contributed by atoms with E-state index in [4.69, 9.17) is 9.47 Å². The van der Waals surface area contributed by atoms with Crippen molar-refractivity contribution in [2.75, 3.05) is 26.9 Å². The lowest BCUT2D eigenvalue weighted by Crippen LogP contribution is -2.41. The van der Waals surface area contributed by atoms with Crippen LogP contribution in [0.25, 0.3) is 0 Å². The Morgan fingerprint density at radius 2 is 2.28 bits per heavy atom. The summed E-state index contributed by atoms with van der Waals surface area (Å²) in [5.41, 5.74) is 0. The number of methoxy groups -OCH3 is 1. The summed E-state index contributed by atoms with van der Waals surface area (Å²) in [4.78, 5) is 1.36. The van der Waals surface area contributed by atoms with Gasteiger partial charge in [0.25, 0.3) is 0 Å². The van der Waals surface area contributed by atoms with E-state index in [1.54, 1.807) is 18.4 Å². The normalized spacial score (nSPS) is 19.0. The SMILES string of the molecule is COC[C@@H](NCc1ccc(Br)s1)C1CCOCC1. The molecule has 2 heterocycles. The average Bonchev–Trinajstić information content (AvgIpc) is 2.81. The Balaban J connectivity index is 1.85. The van der Waals surface area contributed by atoms with Gasteiger partial charge in [-0.15, -0.1) is 11.3 Å². The van der Waals surface area contributed by atoms with Crippen LogP contribution in [-0.2, 0) is 16.0 Å². The predicted octanol–water partition coefficient (Wildman–Crippen LogP) is 3.04. The van der Waals surface area contributed by atoms with Gasteiger partial charge in [-0.05, 0) is 46.8 Å². The number of hydrogen-bond acceptors (Lipinski definition) is 4. The first kappa shape index (κ1) is 14.5. The molecule has 1 fully saturated rings. The van der Waals surface area contributed by atoms with E-state index in [0.29, 0.717) is 12.0 Å². The quantitative estimate of drug-likeness (QED) is 0.867. The van der Waals surface area contributed by atoms with Gasteiger partial charge in [0.05, 0.1) is 10.4 Å². The smallest absolute Gasteiger partial charge is 0.0701 e. The summed E-state index contributed by atoms with van der Waals surface area (Å²) in [5, 5.41) is 3.63. The second-order valence-corrected chi connectivity index (χ2v) is 7.15. The highest BCUT2D eigenvalue weighted by molar-refractivity contribution is 9.11. The molecule has 0 spiro atoms. The zero-order valence-corrected chi connectivity index (χ0v) is 13.1. The van der Waals surface area contributed by atoms with Gasteiger partial charge in [-0.3, -0.25) is 0 Å². The van der Waals surface area contributed by atoms with Crippen LogP contribution >= 0.6 is 27.3 Å². The summed E-state index contributed by atoms with van der Waals surface area (Å²) in [6.45, 7) is 3.47. The molecule has 1 N–H and O–H groups in total. The maximum absolute atomic E-state index is 5.42. The molecule has 0 aliphatic carbocycles. The molecule has 2 rings (SSSR count). The molecule has 0 unspecified atom stereocenters. The first-order chi connectivity index (χ1) is 8.79. The molecular formula is C13H20BrNO2S. The highest BCUT2D eigenvalue weighted by atomic mass is 79.9. The molecule has 1 aromatic rings. The van der Waals surface area contributed by atoms with E-state index in [-0.39, 0.29) is 0 Å². The highest BCUT2D eigenvalue weighted by Crippen LogP contribution is 2.23. The van der Waals surface area contributed by atoms with E-state index in [1.165, 1.54) is 8.66 Å². The van der Waals surface area contributed by atoms with Gasteiger partial charge in [0, 0.05) is 37.8 Å². The van der Waals surface area contributed by atoms with E-state index in [2.05, 4.69) is 33.4 Å². The molecule has 0 bridgehead atoms. The lowest BCUT2D eigenvalue weighted by molar-refractivity contribution is 0.0373. The number of halogens is 1.